The van der Waals surface area contributed by atoms with Crippen LogP contribution in [0, 0.1) is 0 Å². The molecule has 5 nitrogen and oxygen atoms in total. The van der Waals surface area contributed by atoms with Crippen molar-refractivity contribution in [3.05, 3.63) is 41.8 Å². The standard InChI is InChI=1S/C17H23N5/c1-6-14-15(19-12(4)5)7-8-16(20-14)21-17-9-13(11(2)3)10-18-22-17/h6-12H,1-5H3,(H,20,21,22)/b14-6+,19-15-. The normalized spacial score (nSPS) is 18.4. The van der Waals surface area contributed by atoms with Gasteiger partial charge in [0, 0.05) is 6.04 Å². The van der Waals surface area contributed by atoms with Crippen LogP contribution in [0.1, 0.15) is 46.1 Å². The third-order valence-corrected chi connectivity index (χ3v) is 3.17. The van der Waals surface area contributed by atoms with Crippen molar-refractivity contribution in [3.8, 4) is 0 Å². The fraction of sp³-hybridized carbons (Fsp3) is 0.412. The lowest BCUT2D eigenvalue weighted by Crippen LogP contribution is -2.17. The Morgan fingerprint density at radius 3 is 2.59 bits per heavy atom. The number of nitrogens with zero attached hydrogens (tertiary/aromatic N) is 4. The van der Waals surface area contributed by atoms with Gasteiger partial charge in [0.1, 0.15) is 5.84 Å². The molecule has 2 rings (SSSR count). The molecule has 22 heavy (non-hydrogen) atoms. The maximum absolute atomic E-state index is 4.59. The number of rotatable bonds is 3. The van der Waals surface area contributed by atoms with Gasteiger partial charge in [0.25, 0.3) is 0 Å². The van der Waals surface area contributed by atoms with Crippen LogP contribution in [0.2, 0.25) is 0 Å². The van der Waals surface area contributed by atoms with Crippen molar-refractivity contribution >= 4 is 17.4 Å². The first kappa shape index (κ1) is 16.1. The quantitative estimate of drug-likeness (QED) is 0.924. The van der Waals surface area contributed by atoms with Gasteiger partial charge in [0.05, 0.1) is 17.6 Å². The third kappa shape index (κ3) is 4.10. The number of allylic oxidation sites excluding steroid dienone is 2. The molecule has 0 unspecified atom stereocenters. The molecule has 0 aliphatic carbocycles. The fourth-order valence-electron chi connectivity index (χ4n) is 2.03. The van der Waals surface area contributed by atoms with Crippen LogP contribution in [0.3, 0.4) is 0 Å². The molecule has 2 heterocycles. The molecule has 1 N–H and O–H groups in total. The monoisotopic (exact) mass is 297 g/mol. The molecule has 0 atom stereocenters. The van der Waals surface area contributed by atoms with E-state index < -0.39 is 0 Å². The van der Waals surface area contributed by atoms with Crippen molar-refractivity contribution in [1.29, 1.82) is 0 Å². The largest absolute Gasteiger partial charge is 0.323 e. The summed E-state index contributed by atoms with van der Waals surface area (Å²) in [5.41, 5.74) is 2.92. The molecular formula is C17H23N5. The van der Waals surface area contributed by atoms with Gasteiger partial charge in [-0.2, -0.15) is 5.10 Å². The third-order valence-electron chi connectivity index (χ3n) is 3.17. The number of hydrogen-bond donors (Lipinski definition) is 1. The first-order valence-electron chi connectivity index (χ1n) is 7.60. The van der Waals surface area contributed by atoms with E-state index in [0.29, 0.717) is 11.7 Å². The SMILES string of the molecule is C/C=C1/N=C(Nc2cc(C(C)C)cnn2)C=C/C1=N/C(C)C. The van der Waals surface area contributed by atoms with Gasteiger partial charge in [-0.1, -0.05) is 19.9 Å². The predicted molar refractivity (Wildman–Crippen MR) is 92.6 cm³/mol. The van der Waals surface area contributed by atoms with Crippen LogP contribution in [0.5, 0.6) is 0 Å². The smallest absolute Gasteiger partial charge is 0.154 e. The average Bonchev–Trinajstić information content (AvgIpc) is 2.48. The zero-order valence-electron chi connectivity index (χ0n) is 13.8. The number of anilines is 1. The second-order valence-corrected chi connectivity index (χ2v) is 5.77. The van der Waals surface area contributed by atoms with Crippen LogP contribution in [0.15, 0.2) is 46.2 Å². The first-order chi connectivity index (χ1) is 10.5. The molecule has 1 aliphatic heterocycles. The molecule has 0 radical (unpaired) electrons. The van der Waals surface area contributed by atoms with Crippen LogP contribution >= 0.6 is 0 Å². The van der Waals surface area contributed by atoms with Crippen molar-refractivity contribution in [1.82, 2.24) is 10.2 Å². The number of dihydropyridines is 1. The minimum absolute atomic E-state index is 0.243. The summed E-state index contributed by atoms with van der Waals surface area (Å²) in [6, 6.07) is 2.24. The van der Waals surface area contributed by atoms with Crippen LogP contribution < -0.4 is 5.32 Å². The van der Waals surface area contributed by atoms with E-state index in [1.165, 1.54) is 0 Å². The molecule has 1 aromatic rings. The minimum Gasteiger partial charge on any atom is -0.323 e. The Morgan fingerprint density at radius 1 is 1.18 bits per heavy atom. The fourth-order valence-corrected chi connectivity index (χ4v) is 2.03. The molecule has 0 saturated heterocycles. The lowest BCUT2D eigenvalue weighted by Gasteiger charge is -2.14. The summed E-state index contributed by atoms with van der Waals surface area (Å²) in [7, 11) is 0. The van der Waals surface area contributed by atoms with E-state index in [0.717, 1.165) is 22.8 Å². The molecule has 5 heteroatoms. The highest BCUT2D eigenvalue weighted by Gasteiger charge is 2.11. The van der Waals surface area contributed by atoms with Crippen LogP contribution in [0.4, 0.5) is 5.82 Å². The lowest BCUT2D eigenvalue weighted by molar-refractivity contribution is 0.836. The number of nitrogens with one attached hydrogen (secondary N) is 1. The average molecular weight is 297 g/mol. The van der Waals surface area contributed by atoms with Crippen molar-refractivity contribution in [2.24, 2.45) is 9.98 Å². The van der Waals surface area contributed by atoms with Crippen molar-refractivity contribution in [2.45, 2.75) is 46.6 Å². The van der Waals surface area contributed by atoms with Crippen LogP contribution in [-0.2, 0) is 0 Å². The minimum atomic E-state index is 0.243. The maximum atomic E-state index is 4.59. The highest BCUT2D eigenvalue weighted by atomic mass is 15.2. The maximum Gasteiger partial charge on any atom is 0.154 e. The Labute approximate surface area is 132 Å². The Morgan fingerprint density at radius 2 is 1.95 bits per heavy atom. The van der Waals surface area contributed by atoms with E-state index in [1.807, 2.05) is 31.2 Å². The van der Waals surface area contributed by atoms with Gasteiger partial charge in [-0.15, -0.1) is 5.10 Å². The molecule has 0 spiro atoms. The molecule has 0 amide bonds. The van der Waals surface area contributed by atoms with Crippen LogP contribution in [-0.4, -0.2) is 27.8 Å². The summed E-state index contributed by atoms with van der Waals surface area (Å²) < 4.78 is 0. The van der Waals surface area contributed by atoms with E-state index in [4.69, 9.17) is 0 Å². The van der Waals surface area contributed by atoms with E-state index in [-0.39, 0.29) is 6.04 Å². The molecule has 0 fully saturated rings. The van der Waals surface area contributed by atoms with E-state index in [1.54, 1.807) is 6.20 Å². The molecule has 1 aromatic heterocycles. The van der Waals surface area contributed by atoms with Gasteiger partial charge >= 0.3 is 0 Å². The summed E-state index contributed by atoms with van der Waals surface area (Å²) >= 11 is 0. The lowest BCUT2D eigenvalue weighted by atomic mass is 10.1. The highest BCUT2D eigenvalue weighted by Crippen LogP contribution is 2.16. The Bertz CT molecular complexity index is 651. The van der Waals surface area contributed by atoms with Gasteiger partial charge in [-0.3, -0.25) is 4.99 Å². The number of aliphatic imine (C=N–C) groups is 2. The van der Waals surface area contributed by atoms with Crippen molar-refractivity contribution in [3.63, 3.8) is 0 Å². The number of hydrogen-bond acceptors (Lipinski definition) is 5. The van der Waals surface area contributed by atoms with Crippen molar-refractivity contribution in [2.75, 3.05) is 5.32 Å². The van der Waals surface area contributed by atoms with Crippen LogP contribution in [0.25, 0.3) is 0 Å². The number of aromatic nitrogens is 2. The molecule has 0 saturated carbocycles. The van der Waals surface area contributed by atoms with Gasteiger partial charge in [0.2, 0.25) is 0 Å². The summed E-state index contributed by atoms with van der Waals surface area (Å²) in [5, 5.41) is 11.4. The molecule has 116 valence electrons. The molecule has 0 aromatic carbocycles. The van der Waals surface area contributed by atoms with Gasteiger partial charge in [0.15, 0.2) is 5.82 Å². The van der Waals surface area contributed by atoms with E-state index in [2.05, 4.69) is 53.2 Å². The topological polar surface area (TPSA) is 62.5 Å². The summed E-state index contributed by atoms with van der Waals surface area (Å²) in [4.78, 5) is 9.15. The Hall–Kier alpha value is -2.30. The van der Waals surface area contributed by atoms with Gasteiger partial charge in [-0.05, 0) is 50.5 Å². The zero-order valence-corrected chi connectivity index (χ0v) is 13.8. The first-order valence-corrected chi connectivity index (χ1v) is 7.60. The second kappa shape index (κ2) is 7.11. The summed E-state index contributed by atoms with van der Waals surface area (Å²) in [5.74, 6) is 1.86. The zero-order chi connectivity index (χ0) is 16.1. The Balaban J connectivity index is 2.20. The summed E-state index contributed by atoms with van der Waals surface area (Å²) in [6.07, 6.45) is 7.64. The highest BCUT2D eigenvalue weighted by molar-refractivity contribution is 6.18. The molecule has 0 bridgehead atoms. The van der Waals surface area contributed by atoms with Gasteiger partial charge < -0.3 is 5.32 Å². The Kier molecular flexibility index (Phi) is 5.20. The number of amidine groups is 1. The van der Waals surface area contributed by atoms with E-state index in [9.17, 15) is 0 Å². The second-order valence-electron chi connectivity index (χ2n) is 5.77. The van der Waals surface area contributed by atoms with Crippen molar-refractivity contribution < 1.29 is 0 Å². The van der Waals surface area contributed by atoms with Gasteiger partial charge in [-0.25, -0.2) is 4.99 Å². The molecule has 1 aliphatic rings. The summed E-state index contributed by atoms with van der Waals surface area (Å²) in [6.45, 7) is 10.3. The molecular weight excluding hydrogens is 274 g/mol. The van der Waals surface area contributed by atoms with E-state index >= 15 is 0 Å². The predicted octanol–water partition coefficient (Wildman–Crippen LogP) is 3.73.